The molecule has 0 bridgehead atoms. The number of thioether (sulfide) groups is 1. The Labute approximate surface area is 190 Å². The number of hydrogen-bond donors (Lipinski definition) is 1. The van der Waals surface area contributed by atoms with Gasteiger partial charge in [-0.1, -0.05) is 53.7 Å². The van der Waals surface area contributed by atoms with E-state index in [1.807, 2.05) is 109 Å². The summed E-state index contributed by atoms with van der Waals surface area (Å²) in [4.78, 5) is 16.4. The van der Waals surface area contributed by atoms with Gasteiger partial charge in [0, 0.05) is 35.1 Å². The van der Waals surface area contributed by atoms with Crippen LogP contribution in [0.25, 0.3) is 17.2 Å². The molecule has 0 radical (unpaired) electrons. The number of aromatic nitrogens is 2. The highest BCUT2D eigenvalue weighted by molar-refractivity contribution is 8.06. The zero-order valence-corrected chi connectivity index (χ0v) is 18.8. The van der Waals surface area contributed by atoms with Crippen LogP contribution in [0.3, 0.4) is 0 Å². The van der Waals surface area contributed by atoms with Gasteiger partial charge in [0.05, 0.1) is 16.3 Å². The first kappa shape index (κ1) is 21.1. The van der Waals surface area contributed by atoms with Crippen molar-refractivity contribution in [1.82, 2.24) is 9.78 Å². The Morgan fingerprint density at radius 1 is 0.935 bits per heavy atom. The monoisotopic (exact) mass is 447 g/mol. The molecule has 4 nitrogen and oxygen atoms in total. The lowest BCUT2D eigenvalue weighted by Crippen LogP contribution is -2.34. The van der Waals surface area contributed by atoms with Crippen LogP contribution in [0.1, 0.15) is 5.56 Å². The van der Waals surface area contributed by atoms with E-state index in [-0.39, 0.29) is 5.56 Å². The summed E-state index contributed by atoms with van der Waals surface area (Å²) in [7, 11) is 4.01. The quantitative estimate of drug-likeness (QED) is 0.465. The molecule has 0 amide bonds. The molecule has 0 aliphatic heterocycles. The van der Waals surface area contributed by atoms with Gasteiger partial charge in [0.1, 0.15) is 0 Å². The molecule has 0 saturated heterocycles. The second-order valence-corrected chi connectivity index (χ2v) is 8.61. The molecule has 0 fully saturated rings. The van der Waals surface area contributed by atoms with Crippen molar-refractivity contribution < 1.29 is 0 Å². The van der Waals surface area contributed by atoms with Gasteiger partial charge in [0.15, 0.2) is 0 Å². The van der Waals surface area contributed by atoms with Crippen LogP contribution in [0.5, 0.6) is 0 Å². The van der Waals surface area contributed by atoms with Gasteiger partial charge in [-0.25, -0.2) is 4.68 Å². The van der Waals surface area contributed by atoms with Crippen molar-refractivity contribution in [2.75, 3.05) is 19.0 Å². The molecule has 1 aromatic heterocycles. The number of rotatable bonds is 5. The van der Waals surface area contributed by atoms with E-state index in [9.17, 15) is 4.79 Å². The number of hydrogen-bond acceptors (Lipinski definition) is 3. The normalized spacial score (nSPS) is 12.4. The number of H-pyrrole nitrogens is 1. The lowest BCUT2D eigenvalue weighted by molar-refractivity contribution is 0.838. The van der Waals surface area contributed by atoms with Gasteiger partial charge in [0.25, 0.3) is 5.56 Å². The first-order chi connectivity index (χ1) is 15.0. The van der Waals surface area contributed by atoms with E-state index in [1.165, 1.54) is 11.8 Å². The van der Waals surface area contributed by atoms with Crippen molar-refractivity contribution >= 4 is 40.5 Å². The van der Waals surface area contributed by atoms with E-state index in [0.717, 1.165) is 27.2 Å². The Hall–Kier alpha value is -3.15. The summed E-state index contributed by atoms with van der Waals surface area (Å²) in [5.41, 5.74) is 2.78. The molecular formula is C25H22ClN3OS. The van der Waals surface area contributed by atoms with Crippen molar-refractivity contribution in [3.8, 4) is 5.69 Å². The van der Waals surface area contributed by atoms with Gasteiger partial charge >= 0.3 is 0 Å². The Morgan fingerprint density at radius 2 is 1.61 bits per heavy atom. The molecule has 0 spiro atoms. The molecular weight excluding hydrogens is 426 g/mol. The average Bonchev–Trinajstić information content (AvgIpc) is 3.09. The molecule has 156 valence electrons. The lowest BCUT2D eigenvalue weighted by Gasteiger charge is -2.11. The first-order valence-electron chi connectivity index (χ1n) is 9.79. The van der Waals surface area contributed by atoms with E-state index < -0.39 is 0 Å². The van der Waals surface area contributed by atoms with Crippen LogP contribution in [0.4, 0.5) is 5.69 Å². The summed E-state index contributed by atoms with van der Waals surface area (Å²) < 4.78 is 1.58. The van der Waals surface area contributed by atoms with Gasteiger partial charge in [-0.2, -0.15) is 0 Å². The maximum absolute atomic E-state index is 13.3. The molecule has 0 aliphatic carbocycles. The summed E-state index contributed by atoms with van der Waals surface area (Å²) in [5.74, 6) is 0. The molecule has 1 heterocycles. The summed E-state index contributed by atoms with van der Waals surface area (Å²) >= 11 is 7.53. The molecule has 0 aliphatic rings. The summed E-state index contributed by atoms with van der Waals surface area (Å²) in [6.07, 6.45) is 1.92. The maximum Gasteiger partial charge on any atom is 0.279 e. The van der Waals surface area contributed by atoms with E-state index in [2.05, 4.69) is 5.10 Å². The van der Waals surface area contributed by atoms with Crippen LogP contribution in [0, 0.1) is 0 Å². The summed E-state index contributed by atoms with van der Waals surface area (Å²) in [5, 5.41) is 7.29. The highest BCUT2D eigenvalue weighted by atomic mass is 35.5. The van der Waals surface area contributed by atoms with E-state index in [0.29, 0.717) is 10.2 Å². The Balaban J connectivity index is 1.83. The Kier molecular flexibility index (Phi) is 6.35. The standard InChI is InChI=1S/C25H22ClN3OS/c1-28(2)20-12-8-18(9-13-20)16-23-24(17-31-22-14-10-19(26)11-15-22)27-29(25(23)30)21-6-4-3-5-7-21/h3-17,27H,1-2H3/b23-16+,24-17-. The molecule has 0 saturated carbocycles. The highest BCUT2D eigenvalue weighted by Crippen LogP contribution is 2.21. The fourth-order valence-corrected chi connectivity index (χ4v) is 3.98. The zero-order valence-electron chi connectivity index (χ0n) is 17.2. The van der Waals surface area contributed by atoms with Crippen molar-refractivity contribution in [2.45, 2.75) is 4.90 Å². The second kappa shape index (κ2) is 9.33. The molecule has 6 heteroatoms. The molecule has 4 rings (SSSR count). The third kappa shape index (κ3) is 4.95. The number of aromatic amines is 1. The predicted molar refractivity (Wildman–Crippen MR) is 132 cm³/mol. The van der Waals surface area contributed by atoms with E-state index in [1.54, 1.807) is 4.68 Å². The lowest BCUT2D eigenvalue weighted by atomic mass is 10.1. The molecule has 3 aromatic carbocycles. The van der Waals surface area contributed by atoms with Crippen LogP contribution < -0.4 is 21.0 Å². The van der Waals surface area contributed by atoms with E-state index in [4.69, 9.17) is 11.6 Å². The zero-order chi connectivity index (χ0) is 21.8. The maximum atomic E-state index is 13.3. The second-order valence-electron chi connectivity index (χ2n) is 7.24. The van der Waals surface area contributed by atoms with Crippen molar-refractivity contribution in [1.29, 1.82) is 0 Å². The van der Waals surface area contributed by atoms with Gasteiger partial charge in [-0.15, -0.1) is 0 Å². The minimum Gasteiger partial charge on any atom is -0.378 e. The average molecular weight is 448 g/mol. The van der Waals surface area contributed by atoms with Crippen molar-refractivity contribution in [3.05, 3.63) is 110 Å². The summed E-state index contributed by atoms with van der Waals surface area (Å²) in [6.45, 7) is 0. The summed E-state index contributed by atoms with van der Waals surface area (Å²) in [6, 6.07) is 25.3. The first-order valence-corrected chi connectivity index (χ1v) is 11.0. The molecule has 1 N–H and O–H groups in total. The molecule has 31 heavy (non-hydrogen) atoms. The fraction of sp³-hybridized carbons (Fsp3) is 0.0800. The van der Waals surface area contributed by atoms with Crippen LogP contribution >= 0.6 is 23.4 Å². The van der Waals surface area contributed by atoms with Crippen LogP contribution in [-0.4, -0.2) is 23.9 Å². The number of nitrogens with zero attached hydrogens (tertiary/aromatic N) is 2. The molecule has 4 aromatic rings. The number of anilines is 1. The topological polar surface area (TPSA) is 41.0 Å². The smallest absolute Gasteiger partial charge is 0.279 e. The minimum atomic E-state index is -0.0918. The number of nitrogens with one attached hydrogen (secondary N) is 1. The molecule has 0 atom stereocenters. The van der Waals surface area contributed by atoms with Crippen LogP contribution in [-0.2, 0) is 0 Å². The Morgan fingerprint density at radius 3 is 2.26 bits per heavy atom. The van der Waals surface area contributed by atoms with Gasteiger partial charge in [0.2, 0.25) is 0 Å². The number of para-hydroxylation sites is 1. The Bertz CT molecular complexity index is 1340. The van der Waals surface area contributed by atoms with Crippen molar-refractivity contribution in [3.63, 3.8) is 0 Å². The van der Waals surface area contributed by atoms with Gasteiger partial charge < -0.3 is 4.90 Å². The minimum absolute atomic E-state index is 0.0918. The number of halogens is 1. The van der Waals surface area contributed by atoms with Gasteiger partial charge in [-0.05, 0) is 60.2 Å². The van der Waals surface area contributed by atoms with Crippen LogP contribution in [0.15, 0.2) is 88.6 Å². The fourth-order valence-electron chi connectivity index (χ4n) is 3.13. The SMILES string of the molecule is CN(C)c1ccc(/C=c2/c(=O)n(-c3ccccc3)[nH]/c2=C\Sc2ccc(Cl)cc2)cc1. The van der Waals surface area contributed by atoms with Crippen LogP contribution in [0.2, 0.25) is 5.02 Å². The third-order valence-corrected chi connectivity index (χ3v) is 5.97. The molecule has 0 unspecified atom stereocenters. The predicted octanol–water partition coefficient (Wildman–Crippen LogP) is 4.24. The van der Waals surface area contributed by atoms with E-state index >= 15 is 0 Å². The third-order valence-electron chi connectivity index (χ3n) is 4.82. The van der Waals surface area contributed by atoms with Crippen molar-refractivity contribution in [2.24, 2.45) is 0 Å². The largest absolute Gasteiger partial charge is 0.378 e. The highest BCUT2D eigenvalue weighted by Gasteiger charge is 2.06. The van der Waals surface area contributed by atoms with Gasteiger partial charge in [-0.3, -0.25) is 9.89 Å². The number of benzene rings is 3.